The molecule has 24 heavy (non-hydrogen) atoms. The number of amides is 2. The zero-order chi connectivity index (χ0) is 17.9. The van der Waals surface area contributed by atoms with Gasteiger partial charge in [0.2, 0.25) is 0 Å². The molecule has 134 valence electrons. The number of H-pyrrole nitrogens is 1. The first-order chi connectivity index (χ1) is 11.3. The molecule has 0 unspecified atom stereocenters. The first-order valence-corrected chi connectivity index (χ1v) is 8.48. The summed E-state index contributed by atoms with van der Waals surface area (Å²) < 4.78 is 0. The van der Waals surface area contributed by atoms with Crippen molar-refractivity contribution in [3.63, 3.8) is 0 Å². The van der Waals surface area contributed by atoms with Gasteiger partial charge in [0.25, 0.3) is 5.91 Å². The number of hydrogen-bond donors (Lipinski definition) is 4. The number of imidazole rings is 1. The van der Waals surface area contributed by atoms with Gasteiger partial charge in [0.1, 0.15) is 0 Å². The lowest BCUT2D eigenvalue weighted by molar-refractivity contribution is 0.0856. The predicted molar refractivity (Wildman–Crippen MR) is 90.5 cm³/mol. The Morgan fingerprint density at radius 2 is 2.17 bits per heavy atom. The Morgan fingerprint density at radius 1 is 1.46 bits per heavy atom. The zero-order valence-corrected chi connectivity index (χ0v) is 14.9. The van der Waals surface area contributed by atoms with Crippen LogP contribution >= 0.6 is 11.6 Å². The van der Waals surface area contributed by atoms with Crippen LogP contribution in [0.15, 0.2) is 0 Å². The minimum atomic E-state index is -0.944. The maximum atomic E-state index is 12.4. The number of rotatable bonds is 5. The number of aryl methyl sites for hydroxylation is 1. The molecule has 0 saturated carbocycles. The third-order valence-electron chi connectivity index (χ3n) is 4.04. The van der Waals surface area contributed by atoms with E-state index in [1.165, 1.54) is 4.90 Å². The van der Waals surface area contributed by atoms with Gasteiger partial charge in [-0.05, 0) is 12.8 Å². The minimum Gasteiger partial charge on any atom is -0.465 e. The van der Waals surface area contributed by atoms with Crippen LogP contribution in [-0.2, 0) is 6.42 Å². The van der Waals surface area contributed by atoms with Crippen LogP contribution < -0.4 is 10.6 Å². The largest absolute Gasteiger partial charge is 0.465 e. The molecule has 0 aromatic carbocycles. The monoisotopic (exact) mass is 357 g/mol. The number of aromatic nitrogens is 2. The zero-order valence-electron chi connectivity index (χ0n) is 14.1. The molecular formula is C15H24ClN5O3. The Balaban J connectivity index is 2.07. The van der Waals surface area contributed by atoms with Gasteiger partial charge in [-0.25, -0.2) is 9.78 Å². The summed E-state index contributed by atoms with van der Waals surface area (Å²) in [7, 11) is 0. The Bertz CT molecular complexity index is 604. The lowest BCUT2D eigenvalue weighted by Gasteiger charge is -2.38. The molecule has 1 aromatic rings. The molecule has 1 saturated heterocycles. The van der Waals surface area contributed by atoms with Crippen LogP contribution in [0, 0.1) is 0 Å². The van der Waals surface area contributed by atoms with E-state index in [1.807, 2.05) is 20.8 Å². The number of nitrogens with zero attached hydrogens (tertiary/aromatic N) is 2. The number of carboxylic acid groups (broad SMARTS) is 1. The first kappa shape index (κ1) is 18.5. The predicted octanol–water partition coefficient (Wildman–Crippen LogP) is 1.47. The highest BCUT2D eigenvalue weighted by Crippen LogP contribution is 2.15. The molecule has 1 fully saturated rings. The Labute approximate surface area is 146 Å². The number of hydrogen-bond acceptors (Lipinski definition) is 4. The summed E-state index contributed by atoms with van der Waals surface area (Å²) in [6.45, 7) is 6.61. The van der Waals surface area contributed by atoms with Crippen LogP contribution in [0.3, 0.4) is 0 Å². The summed E-state index contributed by atoms with van der Waals surface area (Å²) in [5.41, 5.74) is 0.722. The Morgan fingerprint density at radius 3 is 2.71 bits per heavy atom. The molecule has 1 aliphatic heterocycles. The lowest BCUT2D eigenvalue weighted by Crippen LogP contribution is -2.61. The van der Waals surface area contributed by atoms with Gasteiger partial charge in [-0.15, -0.1) is 0 Å². The SMILES string of the molecule is CCc1[nH]c(C(=O)N[C@H]2CCN(C(=O)O)C[C@@H]2NC(C)C)nc1Cl. The molecule has 1 aliphatic rings. The van der Waals surface area contributed by atoms with Crippen molar-refractivity contribution in [3.05, 3.63) is 16.7 Å². The second-order valence-electron chi connectivity index (χ2n) is 6.23. The minimum absolute atomic E-state index is 0.158. The number of nitrogens with one attached hydrogen (secondary N) is 3. The fraction of sp³-hybridized carbons (Fsp3) is 0.667. The van der Waals surface area contributed by atoms with Crippen molar-refractivity contribution in [2.45, 2.75) is 51.7 Å². The number of likely N-dealkylation sites (tertiary alicyclic amines) is 1. The van der Waals surface area contributed by atoms with E-state index in [4.69, 9.17) is 11.6 Å². The van der Waals surface area contributed by atoms with Crippen LogP contribution in [-0.4, -0.2) is 63.2 Å². The number of carbonyl (C=O) groups excluding carboxylic acids is 1. The molecule has 0 aliphatic carbocycles. The van der Waals surface area contributed by atoms with Gasteiger partial charge in [0.05, 0.1) is 5.69 Å². The molecule has 2 atom stereocenters. The van der Waals surface area contributed by atoms with Crippen LogP contribution in [0.2, 0.25) is 5.15 Å². The summed E-state index contributed by atoms with van der Waals surface area (Å²) >= 11 is 5.98. The third kappa shape index (κ3) is 4.39. The van der Waals surface area contributed by atoms with E-state index in [2.05, 4.69) is 20.6 Å². The van der Waals surface area contributed by atoms with E-state index >= 15 is 0 Å². The van der Waals surface area contributed by atoms with Crippen LogP contribution in [0.1, 0.15) is 43.5 Å². The van der Waals surface area contributed by atoms with Crippen LogP contribution in [0.4, 0.5) is 4.79 Å². The van der Waals surface area contributed by atoms with Crippen LogP contribution in [0.5, 0.6) is 0 Å². The topological polar surface area (TPSA) is 110 Å². The van der Waals surface area contributed by atoms with Crippen molar-refractivity contribution in [1.82, 2.24) is 25.5 Å². The standard InChI is InChI=1S/C15H24ClN5O3/c1-4-9-12(16)20-13(18-9)14(22)19-10-5-6-21(15(23)24)7-11(10)17-8(2)3/h8,10-11,17H,4-7H2,1-3H3,(H,18,20)(H,19,22)(H,23,24)/t10-,11-/m0/s1. The molecule has 4 N–H and O–H groups in total. The number of aromatic amines is 1. The molecule has 0 spiro atoms. The molecule has 0 bridgehead atoms. The normalized spacial score (nSPS) is 21.1. The molecular weight excluding hydrogens is 334 g/mol. The van der Waals surface area contributed by atoms with Crippen molar-refractivity contribution in [2.24, 2.45) is 0 Å². The van der Waals surface area contributed by atoms with Crippen molar-refractivity contribution < 1.29 is 14.7 Å². The smallest absolute Gasteiger partial charge is 0.407 e. The summed E-state index contributed by atoms with van der Waals surface area (Å²) in [5, 5.41) is 15.7. The maximum absolute atomic E-state index is 12.4. The highest BCUT2D eigenvalue weighted by molar-refractivity contribution is 6.30. The van der Waals surface area contributed by atoms with E-state index in [1.54, 1.807) is 0 Å². The highest BCUT2D eigenvalue weighted by atomic mass is 35.5. The second kappa shape index (κ2) is 7.85. The molecule has 2 amide bonds. The fourth-order valence-electron chi connectivity index (χ4n) is 2.86. The summed E-state index contributed by atoms with van der Waals surface area (Å²) in [6, 6.07) is -0.160. The quantitative estimate of drug-likeness (QED) is 0.638. The maximum Gasteiger partial charge on any atom is 0.407 e. The number of piperidine rings is 1. The molecule has 9 heteroatoms. The van der Waals surface area contributed by atoms with Gasteiger partial charge >= 0.3 is 6.09 Å². The summed E-state index contributed by atoms with van der Waals surface area (Å²) in [5.74, 6) is -0.151. The molecule has 2 heterocycles. The third-order valence-corrected chi connectivity index (χ3v) is 4.36. The average molecular weight is 358 g/mol. The average Bonchev–Trinajstić information content (AvgIpc) is 2.89. The summed E-state index contributed by atoms with van der Waals surface area (Å²) in [6.07, 6.45) is 0.256. The lowest BCUT2D eigenvalue weighted by atomic mass is 9.98. The van der Waals surface area contributed by atoms with Crippen molar-refractivity contribution >= 4 is 23.6 Å². The van der Waals surface area contributed by atoms with Crippen molar-refractivity contribution in [1.29, 1.82) is 0 Å². The number of halogens is 1. The van der Waals surface area contributed by atoms with E-state index in [9.17, 15) is 14.7 Å². The molecule has 1 aromatic heterocycles. The Hall–Kier alpha value is -1.80. The van der Waals surface area contributed by atoms with Gasteiger partial charge < -0.3 is 25.6 Å². The highest BCUT2D eigenvalue weighted by Gasteiger charge is 2.33. The van der Waals surface area contributed by atoms with E-state index in [0.717, 1.165) is 5.69 Å². The van der Waals surface area contributed by atoms with Crippen LogP contribution in [0.25, 0.3) is 0 Å². The molecule has 2 rings (SSSR count). The van der Waals surface area contributed by atoms with Gasteiger partial charge in [0, 0.05) is 31.2 Å². The van der Waals surface area contributed by atoms with Gasteiger partial charge in [-0.2, -0.15) is 0 Å². The van der Waals surface area contributed by atoms with Gasteiger partial charge in [0.15, 0.2) is 11.0 Å². The van der Waals surface area contributed by atoms with Crippen molar-refractivity contribution in [3.8, 4) is 0 Å². The Kier molecular flexibility index (Phi) is 6.06. The number of carbonyl (C=O) groups is 2. The van der Waals surface area contributed by atoms with E-state index in [-0.39, 0.29) is 29.9 Å². The van der Waals surface area contributed by atoms with Gasteiger partial charge in [-0.1, -0.05) is 32.4 Å². The van der Waals surface area contributed by atoms with Gasteiger partial charge in [-0.3, -0.25) is 4.79 Å². The van der Waals surface area contributed by atoms with E-state index < -0.39 is 6.09 Å². The van der Waals surface area contributed by atoms with E-state index in [0.29, 0.717) is 31.1 Å². The fourth-order valence-corrected chi connectivity index (χ4v) is 3.13. The summed E-state index contributed by atoms with van der Waals surface area (Å²) in [4.78, 5) is 31.9. The first-order valence-electron chi connectivity index (χ1n) is 8.11. The molecule has 8 nitrogen and oxygen atoms in total. The molecule has 0 radical (unpaired) electrons. The van der Waals surface area contributed by atoms with Crippen molar-refractivity contribution in [2.75, 3.05) is 13.1 Å². The second-order valence-corrected chi connectivity index (χ2v) is 6.59.